The number of rotatable bonds is 4. The van der Waals surface area contributed by atoms with Gasteiger partial charge in [0.05, 0.1) is 11.6 Å². The number of nitriles is 1. The molecule has 1 aromatic carbocycles. The first kappa shape index (κ1) is 13.1. The molecule has 2 aromatic rings. The van der Waals surface area contributed by atoms with Crippen LogP contribution in [0.1, 0.15) is 22.9 Å². The van der Waals surface area contributed by atoms with E-state index in [1.165, 1.54) is 0 Å². The predicted octanol–water partition coefficient (Wildman–Crippen LogP) is 2.37. The molecule has 3 N–H and O–H groups in total. The standard InChI is InChI=1S/C15H16N4/c1-11-7-12(9-16)8-15(19-11)18-10-14(17)13-5-3-2-4-6-13/h2-8,14H,10,17H2,1H3,(H,18,19). The summed E-state index contributed by atoms with van der Waals surface area (Å²) in [5, 5.41) is 12.1. The summed E-state index contributed by atoms with van der Waals surface area (Å²) in [6.45, 7) is 2.44. The van der Waals surface area contributed by atoms with Crippen molar-refractivity contribution in [2.45, 2.75) is 13.0 Å². The van der Waals surface area contributed by atoms with Gasteiger partial charge in [0, 0.05) is 18.3 Å². The molecule has 4 nitrogen and oxygen atoms in total. The van der Waals surface area contributed by atoms with Gasteiger partial charge in [0.1, 0.15) is 5.82 Å². The lowest BCUT2D eigenvalue weighted by atomic mass is 10.1. The monoisotopic (exact) mass is 252 g/mol. The summed E-state index contributed by atoms with van der Waals surface area (Å²) in [4.78, 5) is 4.33. The van der Waals surface area contributed by atoms with Gasteiger partial charge < -0.3 is 11.1 Å². The van der Waals surface area contributed by atoms with Crippen LogP contribution in [-0.4, -0.2) is 11.5 Å². The molecule has 96 valence electrons. The Morgan fingerprint density at radius 2 is 2.05 bits per heavy atom. The lowest BCUT2D eigenvalue weighted by Crippen LogP contribution is -2.21. The molecule has 1 aromatic heterocycles. The second kappa shape index (κ2) is 5.98. The Labute approximate surface area is 112 Å². The molecule has 0 radical (unpaired) electrons. The molecule has 1 unspecified atom stereocenters. The third kappa shape index (κ3) is 3.54. The molecule has 2 rings (SSSR count). The summed E-state index contributed by atoms with van der Waals surface area (Å²) in [6.07, 6.45) is 0. The van der Waals surface area contributed by atoms with Crippen LogP contribution in [0.15, 0.2) is 42.5 Å². The minimum absolute atomic E-state index is 0.103. The Bertz CT molecular complexity index is 587. The lowest BCUT2D eigenvalue weighted by molar-refractivity contribution is 0.761. The quantitative estimate of drug-likeness (QED) is 0.876. The molecule has 1 atom stereocenters. The highest BCUT2D eigenvalue weighted by atomic mass is 15.0. The molecular formula is C15H16N4. The average Bonchev–Trinajstić information content (AvgIpc) is 2.45. The summed E-state index contributed by atoms with van der Waals surface area (Å²) < 4.78 is 0. The fraction of sp³-hybridized carbons (Fsp3) is 0.200. The van der Waals surface area contributed by atoms with E-state index in [2.05, 4.69) is 16.4 Å². The molecule has 0 bridgehead atoms. The fourth-order valence-corrected chi connectivity index (χ4v) is 1.86. The van der Waals surface area contributed by atoms with Crippen LogP contribution in [0.3, 0.4) is 0 Å². The van der Waals surface area contributed by atoms with Crippen LogP contribution in [0, 0.1) is 18.3 Å². The van der Waals surface area contributed by atoms with Crippen LogP contribution in [0.25, 0.3) is 0 Å². The molecule has 0 aliphatic carbocycles. The van der Waals surface area contributed by atoms with Crippen molar-refractivity contribution in [2.24, 2.45) is 5.73 Å². The van der Waals surface area contributed by atoms with E-state index in [4.69, 9.17) is 11.0 Å². The van der Waals surface area contributed by atoms with E-state index in [1.54, 1.807) is 12.1 Å². The number of nitrogens with one attached hydrogen (secondary N) is 1. The Balaban J connectivity index is 2.03. The van der Waals surface area contributed by atoms with Crippen molar-refractivity contribution in [1.29, 1.82) is 5.26 Å². The molecule has 4 heteroatoms. The Morgan fingerprint density at radius 3 is 2.74 bits per heavy atom. The second-order valence-corrected chi connectivity index (χ2v) is 4.39. The number of nitrogens with zero attached hydrogens (tertiary/aromatic N) is 2. The van der Waals surface area contributed by atoms with Gasteiger partial charge in [-0.05, 0) is 24.6 Å². The fourth-order valence-electron chi connectivity index (χ4n) is 1.86. The first-order chi connectivity index (χ1) is 9.19. The van der Waals surface area contributed by atoms with E-state index in [9.17, 15) is 0 Å². The van der Waals surface area contributed by atoms with Crippen molar-refractivity contribution in [3.63, 3.8) is 0 Å². The van der Waals surface area contributed by atoms with Gasteiger partial charge in [-0.15, -0.1) is 0 Å². The maximum atomic E-state index is 8.91. The van der Waals surface area contributed by atoms with Crippen LogP contribution in [0.2, 0.25) is 0 Å². The molecule has 19 heavy (non-hydrogen) atoms. The van der Waals surface area contributed by atoms with Crippen LogP contribution in [0.4, 0.5) is 5.82 Å². The smallest absolute Gasteiger partial charge is 0.127 e. The molecule has 0 aliphatic rings. The van der Waals surface area contributed by atoms with E-state index in [-0.39, 0.29) is 6.04 Å². The van der Waals surface area contributed by atoms with Crippen LogP contribution in [0.5, 0.6) is 0 Å². The number of benzene rings is 1. The number of pyridine rings is 1. The summed E-state index contributed by atoms with van der Waals surface area (Å²) in [7, 11) is 0. The molecule has 0 spiro atoms. The lowest BCUT2D eigenvalue weighted by Gasteiger charge is -2.14. The van der Waals surface area contributed by atoms with Gasteiger partial charge in [0.2, 0.25) is 0 Å². The summed E-state index contributed by atoms with van der Waals surface area (Å²) in [5.41, 5.74) is 8.58. The molecular weight excluding hydrogens is 236 g/mol. The predicted molar refractivity (Wildman–Crippen MR) is 75.5 cm³/mol. The van der Waals surface area contributed by atoms with Crippen molar-refractivity contribution in [2.75, 3.05) is 11.9 Å². The molecule has 0 fully saturated rings. The van der Waals surface area contributed by atoms with Crippen molar-refractivity contribution >= 4 is 5.82 Å². The zero-order valence-electron chi connectivity index (χ0n) is 10.8. The highest BCUT2D eigenvalue weighted by Gasteiger charge is 2.06. The number of anilines is 1. The van der Waals surface area contributed by atoms with Gasteiger partial charge in [-0.2, -0.15) is 5.26 Å². The number of nitrogens with two attached hydrogens (primary N) is 1. The second-order valence-electron chi connectivity index (χ2n) is 4.39. The molecule has 0 saturated heterocycles. The number of hydrogen-bond acceptors (Lipinski definition) is 4. The average molecular weight is 252 g/mol. The summed E-state index contributed by atoms with van der Waals surface area (Å²) in [5.74, 6) is 0.683. The normalized spacial score (nSPS) is 11.6. The van der Waals surface area contributed by atoms with Gasteiger partial charge in [0.25, 0.3) is 0 Å². The van der Waals surface area contributed by atoms with Gasteiger partial charge in [-0.1, -0.05) is 30.3 Å². The Hall–Kier alpha value is -2.38. The highest BCUT2D eigenvalue weighted by Crippen LogP contribution is 2.13. The van der Waals surface area contributed by atoms with Crippen LogP contribution < -0.4 is 11.1 Å². The van der Waals surface area contributed by atoms with E-state index in [1.807, 2.05) is 37.3 Å². The molecule has 0 aliphatic heterocycles. The van der Waals surface area contributed by atoms with Gasteiger partial charge in [-0.25, -0.2) is 4.98 Å². The Kier molecular flexibility index (Phi) is 4.11. The minimum atomic E-state index is -0.103. The van der Waals surface area contributed by atoms with Gasteiger partial charge >= 0.3 is 0 Å². The third-order valence-electron chi connectivity index (χ3n) is 2.81. The minimum Gasteiger partial charge on any atom is -0.368 e. The van der Waals surface area contributed by atoms with Crippen LogP contribution >= 0.6 is 0 Å². The van der Waals surface area contributed by atoms with Crippen molar-refractivity contribution in [1.82, 2.24) is 4.98 Å². The summed E-state index contributed by atoms with van der Waals surface area (Å²) >= 11 is 0. The van der Waals surface area contributed by atoms with E-state index < -0.39 is 0 Å². The van der Waals surface area contributed by atoms with E-state index in [0.29, 0.717) is 17.9 Å². The third-order valence-corrected chi connectivity index (χ3v) is 2.81. The van der Waals surface area contributed by atoms with E-state index in [0.717, 1.165) is 11.3 Å². The summed E-state index contributed by atoms with van der Waals surface area (Å²) in [6, 6.07) is 15.4. The maximum absolute atomic E-state index is 8.91. The van der Waals surface area contributed by atoms with Crippen molar-refractivity contribution in [3.8, 4) is 6.07 Å². The topological polar surface area (TPSA) is 74.7 Å². The number of hydrogen-bond donors (Lipinski definition) is 2. The Morgan fingerprint density at radius 1 is 1.32 bits per heavy atom. The first-order valence-electron chi connectivity index (χ1n) is 6.12. The molecule has 0 amide bonds. The van der Waals surface area contributed by atoms with Crippen LogP contribution in [-0.2, 0) is 0 Å². The number of aromatic nitrogens is 1. The highest BCUT2D eigenvalue weighted by molar-refractivity contribution is 5.44. The van der Waals surface area contributed by atoms with Gasteiger partial charge in [0.15, 0.2) is 0 Å². The zero-order valence-corrected chi connectivity index (χ0v) is 10.8. The SMILES string of the molecule is Cc1cc(C#N)cc(NCC(N)c2ccccc2)n1. The zero-order chi connectivity index (χ0) is 13.7. The maximum Gasteiger partial charge on any atom is 0.127 e. The first-order valence-corrected chi connectivity index (χ1v) is 6.12. The van der Waals surface area contributed by atoms with Crippen molar-refractivity contribution < 1.29 is 0 Å². The van der Waals surface area contributed by atoms with E-state index >= 15 is 0 Å². The molecule has 0 saturated carbocycles. The molecule has 1 heterocycles. The van der Waals surface area contributed by atoms with Gasteiger partial charge in [-0.3, -0.25) is 0 Å². The number of aryl methyl sites for hydroxylation is 1. The van der Waals surface area contributed by atoms with Crippen molar-refractivity contribution in [3.05, 3.63) is 59.3 Å². The largest absolute Gasteiger partial charge is 0.368 e.